The predicted octanol–water partition coefficient (Wildman–Crippen LogP) is 3.36. The van der Waals surface area contributed by atoms with Crippen molar-refractivity contribution in [1.82, 2.24) is 9.88 Å². The normalized spacial score (nSPS) is 10.4. The Morgan fingerprint density at radius 2 is 1.91 bits per heavy atom. The zero-order valence-electron chi connectivity index (χ0n) is 13.6. The minimum Gasteiger partial charge on any atom is -0.383 e. The lowest BCUT2D eigenvalue weighted by Crippen LogP contribution is -2.31. The Morgan fingerprint density at radius 1 is 1.17 bits per heavy atom. The highest BCUT2D eigenvalue weighted by molar-refractivity contribution is 5.92. The number of nitrogens with one attached hydrogen (secondary N) is 1. The quantitative estimate of drug-likeness (QED) is 0.852. The molecule has 122 valence electrons. The topological polar surface area (TPSA) is 45.2 Å². The lowest BCUT2D eigenvalue weighted by atomic mass is 10.1. The van der Waals surface area contributed by atoms with Gasteiger partial charge in [-0.3, -0.25) is 4.79 Å². The van der Waals surface area contributed by atoms with E-state index >= 15 is 0 Å². The number of rotatable bonds is 7. The Balaban J connectivity index is 1.90. The summed E-state index contributed by atoms with van der Waals surface area (Å²) < 4.78 is 13.5. The van der Waals surface area contributed by atoms with Crippen molar-refractivity contribution in [3.8, 4) is 0 Å². The van der Waals surface area contributed by atoms with Gasteiger partial charge >= 0.3 is 0 Å². The van der Waals surface area contributed by atoms with Gasteiger partial charge in [0, 0.05) is 19.6 Å². The first kappa shape index (κ1) is 16.9. The van der Waals surface area contributed by atoms with Crippen molar-refractivity contribution in [3.05, 3.63) is 59.7 Å². The molecule has 0 atom stereocenters. The molecule has 23 heavy (non-hydrogen) atoms. The molecule has 0 spiro atoms. The average Bonchev–Trinajstić information content (AvgIpc) is 2.58. The van der Waals surface area contributed by atoms with E-state index < -0.39 is 0 Å². The van der Waals surface area contributed by atoms with Crippen LogP contribution >= 0.6 is 0 Å². The second-order valence-corrected chi connectivity index (χ2v) is 5.18. The van der Waals surface area contributed by atoms with Crippen LogP contribution in [0.15, 0.2) is 42.6 Å². The van der Waals surface area contributed by atoms with E-state index in [0.29, 0.717) is 37.3 Å². The molecule has 1 heterocycles. The second-order valence-electron chi connectivity index (χ2n) is 5.18. The van der Waals surface area contributed by atoms with Crippen LogP contribution in [-0.2, 0) is 6.42 Å². The maximum Gasteiger partial charge on any atom is 0.272 e. The van der Waals surface area contributed by atoms with Crippen molar-refractivity contribution in [2.75, 3.05) is 25.0 Å². The van der Waals surface area contributed by atoms with E-state index in [1.54, 1.807) is 29.3 Å². The third-order valence-corrected chi connectivity index (χ3v) is 3.71. The van der Waals surface area contributed by atoms with Crippen molar-refractivity contribution >= 4 is 11.6 Å². The molecule has 2 aromatic rings. The number of halogens is 1. The zero-order chi connectivity index (χ0) is 16.7. The first-order valence-electron chi connectivity index (χ1n) is 7.88. The highest BCUT2D eigenvalue weighted by atomic mass is 19.1. The summed E-state index contributed by atoms with van der Waals surface area (Å²) in [4.78, 5) is 18.1. The molecule has 1 aromatic heterocycles. The van der Waals surface area contributed by atoms with Crippen LogP contribution in [0.5, 0.6) is 0 Å². The lowest BCUT2D eigenvalue weighted by molar-refractivity contribution is 0.0767. The molecule has 4 nitrogen and oxygen atoms in total. The van der Waals surface area contributed by atoms with Gasteiger partial charge in [0.15, 0.2) is 0 Å². The molecule has 5 heteroatoms. The van der Waals surface area contributed by atoms with Crippen LogP contribution in [0.2, 0.25) is 0 Å². The standard InChI is InChI=1S/C18H22FN3O/c1-3-22(4-2)18(23)17-10-9-15(13-21-17)20-12-11-14-7-5-6-8-16(14)19/h5-10,13,20H,3-4,11-12H2,1-2H3. The summed E-state index contributed by atoms with van der Waals surface area (Å²) in [5.41, 5.74) is 1.94. The Hall–Kier alpha value is -2.43. The maximum atomic E-state index is 13.5. The molecule has 0 unspecified atom stereocenters. The second kappa shape index (κ2) is 8.27. The number of amides is 1. The van der Waals surface area contributed by atoms with Gasteiger partial charge in [0.2, 0.25) is 0 Å². The van der Waals surface area contributed by atoms with Crippen LogP contribution < -0.4 is 5.32 Å². The molecule has 0 radical (unpaired) electrons. The third-order valence-electron chi connectivity index (χ3n) is 3.71. The summed E-state index contributed by atoms with van der Waals surface area (Å²) in [5.74, 6) is -0.250. The Kier molecular flexibility index (Phi) is 6.09. The average molecular weight is 315 g/mol. The van der Waals surface area contributed by atoms with Crippen LogP contribution in [-0.4, -0.2) is 35.4 Å². The van der Waals surface area contributed by atoms with Crippen molar-refractivity contribution < 1.29 is 9.18 Å². The maximum absolute atomic E-state index is 13.5. The Bertz CT molecular complexity index is 639. The van der Waals surface area contributed by atoms with Crippen molar-refractivity contribution in [3.63, 3.8) is 0 Å². The fraction of sp³-hybridized carbons (Fsp3) is 0.333. The first-order valence-corrected chi connectivity index (χ1v) is 7.88. The molecule has 0 bridgehead atoms. The Morgan fingerprint density at radius 3 is 2.52 bits per heavy atom. The summed E-state index contributed by atoms with van der Waals surface area (Å²) >= 11 is 0. The molecule has 2 rings (SSSR count). The highest BCUT2D eigenvalue weighted by Gasteiger charge is 2.13. The van der Waals surface area contributed by atoms with Gasteiger partial charge in [0.1, 0.15) is 11.5 Å². The fourth-order valence-electron chi connectivity index (χ4n) is 2.34. The van der Waals surface area contributed by atoms with E-state index in [2.05, 4.69) is 10.3 Å². The minimum absolute atomic E-state index is 0.0621. The van der Waals surface area contributed by atoms with E-state index in [1.165, 1.54) is 6.07 Å². The summed E-state index contributed by atoms with van der Waals surface area (Å²) in [7, 11) is 0. The molecule has 1 N–H and O–H groups in total. The van der Waals surface area contributed by atoms with Gasteiger partial charge in [-0.05, 0) is 44.0 Å². The predicted molar refractivity (Wildman–Crippen MR) is 90.1 cm³/mol. The minimum atomic E-state index is -0.187. The van der Waals surface area contributed by atoms with Crippen molar-refractivity contribution in [2.24, 2.45) is 0 Å². The number of carbonyl (C=O) groups is 1. The van der Waals surface area contributed by atoms with E-state index in [1.807, 2.05) is 26.0 Å². The fourth-order valence-corrected chi connectivity index (χ4v) is 2.34. The smallest absolute Gasteiger partial charge is 0.272 e. The number of nitrogens with zero attached hydrogens (tertiary/aromatic N) is 2. The van der Waals surface area contributed by atoms with E-state index in [-0.39, 0.29) is 11.7 Å². The van der Waals surface area contributed by atoms with Crippen LogP contribution in [0.3, 0.4) is 0 Å². The number of aromatic nitrogens is 1. The van der Waals surface area contributed by atoms with E-state index in [0.717, 1.165) is 5.69 Å². The van der Waals surface area contributed by atoms with Gasteiger partial charge in [-0.15, -0.1) is 0 Å². The number of hydrogen-bond donors (Lipinski definition) is 1. The number of pyridine rings is 1. The molecule has 0 aliphatic heterocycles. The van der Waals surface area contributed by atoms with Gasteiger partial charge < -0.3 is 10.2 Å². The molecular formula is C18H22FN3O. The molecule has 1 aromatic carbocycles. The summed E-state index contributed by atoms with van der Waals surface area (Å²) in [6.07, 6.45) is 2.23. The summed E-state index contributed by atoms with van der Waals surface area (Å²) in [5, 5.41) is 3.19. The van der Waals surface area contributed by atoms with Gasteiger partial charge in [0.25, 0.3) is 5.91 Å². The van der Waals surface area contributed by atoms with Crippen LogP contribution in [0, 0.1) is 5.82 Å². The first-order chi connectivity index (χ1) is 11.2. The number of benzene rings is 1. The largest absolute Gasteiger partial charge is 0.383 e. The third kappa shape index (κ3) is 4.52. The monoisotopic (exact) mass is 315 g/mol. The molecule has 1 amide bonds. The van der Waals surface area contributed by atoms with Gasteiger partial charge in [-0.1, -0.05) is 18.2 Å². The lowest BCUT2D eigenvalue weighted by Gasteiger charge is -2.18. The zero-order valence-corrected chi connectivity index (χ0v) is 13.6. The van der Waals surface area contributed by atoms with Crippen LogP contribution in [0.4, 0.5) is 10.1 Å². The number of anilines is 1. The molecule has 0 saturated heterocycles. The van der Waals surface area contributed by atoms with Crippen LogP contribution in [0.25, 0.3) is 0 Å². The summed E-state index contributed by atoms with van der Waals surface area (Å²) in [6.45, 7) is 5.82. The van der Waals surface area contributed by atoms with E-state index in [4.69, 9.17) is 0 Å². The SMILES string of the molecule is CCN(CC)C(=O)c1ccc(NCCc2ccccc2F)cn1. The molecule has 0 fully saturated rings. The number of hydrogen-bond acceptors (Lipinski definition) is 3. The Labute approximate surface area is 136 Å². The van der Waals surface area contributed by atoms with Crippen molar-refractivity contribution in [2.45, 2.75) is 20.3 Å². The van der Waals surface area contributed by atoms with E-state index in [9.17, 15) is 9.18 Å². The summed E-state index contributed by atoms with van der Waals surface area (Å²) in [6, 6.07) is 10.3. The van der Waals surface area contributed by atoms with Crippen molar-refractivity contribution in [1.29, 1.82) is 0 Å². The van der Waals surface area contributed by atoms with Gasteiger partial charge in [-0.2, -0.15) is 0 Å². The molecule has 0 aliphatic rings. The highest BCUT2D eigenvalue weighted by Crippen LogP contribution is 2.10. The number of carbonyl (C=O) groups excluding carboxylic acids is 1. The van der Waals surface area contributed by atoms with Gasteiger partial charge in [-0.25, -0.2) is 9.37 Å². The van der Waals surface area contributed by atoms with Crippen LogP contribution in [0.1, 0.15) is 29.9 Å². The molecular weight excluding hydrogens is 293 g/mol. The molecule has 0 saturated carbocycles. The molecule has 0 aliphatic carbocycles. The van der Waals surface area contributed by atoms with Gasteiger partial charge in [0.05, 0.1) is 11.9 Å².